The Kier molecular flexibility index (Phi) is 4.04. The minimum absolute atomic E-state index is 0.177. The van der Waals surface area contributed by atoms with Crippen molar-refractivity contribution < 1.29 is 34.2 Å². The molecule has 0 radical (unpaired) electrons. The Balaban J connectivity index is 5.58. The first-order chi connectivity index (χ1) is 6.59. The molecule has 88 valence electrons. The van der Waals surface area contributed by atoms with Crippen LogP contribution in [0.3, 0.4) is 0 Å². The van der Waals surface area contributed by atoms with E-state index in [-0.39, 0.29) is 6.42 Å². The number of carboxylic acid groups (broad SMARTS) is 2. The first-order valence-corrected chi connectivity index (χ1v) is 5.72. The second-order valence-electron chi connectivity index (χ2n) is 3.30. The monoisotopic (exact) mass is 240 g/mol. The number of carbonyl (C=O) groups is 2. The summed E-state index contributed by atoms with van der Waals surface area (Å²) in [5.41, 5.74) is 0. The summed E-state index contributed by atoms with van der Waals surface area (Å²) in [7, 11) is -5.05. The molecular weight excluding hydrogens is 227 g/mol. The van der Waals surface area contributed by atoms with Gasteiger partial charge in [0.2, 0.25) is 0 Å². The van der Waals surface area contributed by atoms with Gasteiger partial charge in [-0.1, -0.05) is 6.92 Å². The van der Waals surface area contributed by atoms with Gasteiger partial charge in [0.15, 0.2) is 5.16 Å². The van der Waals surface area contributed by atoms with Gasteiger partial charge in [0.1, 0.15) is 0 Å². The highest BCUT2D eigenvalue weighted by atomic mass is 31.2. The van der Waals surface area contributed by atoms with Gasteiger partial charge in [-0.05, 0) is 13.3 Å². The quantitative estimate of drug-likeness (QED) is 0.501. The van der Waals surface area contributed by atoms with E-state index in [0.717, 1.165) is 6.92 Å². The molecule has 0 saturated carbocycles. The molecule has 0 aromatic rings. The Bertz CT molecular complexity index is 319. The van der Waals surface area contributed by atoms with Gasteiger partial charge in [-0.2, -0.15) is 0 Å². The van der Waals surface area contributed by atoms with Gasteiger partial charge in [-0.25, -0.2) is 0 Å². The minimum atomic E-state index is -5.05. The molecular formula is C7H13O7P. The Morgan fingerprint density at radius 3 is 1.80 bits per heavy atom. The third kappa shape index (κ3) is 2.37. The smallest absolute Gasteiger partial charge is 0.343 e. The summed E-state index contributed by atoms with van der Waals surface area (Å²) in [5.74, 6) is -4.98. The highest BCUT2D eigenvalue weighted by Gasteiger charge is 2.57. The molecule has 7 nitrogen and oxygen atoms in total. The third-order valence-corrected chi connectivity index (χ3v) is 4.14. The Morgan fingerprint density at radius 2 is 1.73 bits per heavy atom. The van der Waals surface area contributed by atoms with Gasteiger partial charge in [0, 0.05) is 0 Å². The lowest BCUT2D eigenvalue weighted by Gasteiger charge is -2.30. The van der Waals surface area contributed by atoms with Crippen molar-refractivity contribution in [1.82, 2.24) is 0 Å². The fraction of sp³-hybridized carbons (Fsp3) is 0.714. The van der Waals surface area contributed by atoms with Gasteiger partial charge in [0.05, 0.1) is 5.92 Å². The maximum Gasteiger partial charge on any atom is 0.343 e. The Labute approximate surface area is 85.9 Å². The molecule has 0 aromatic heterocycles. The summed E-state index contributed by atoms with van der Waals surface area (Å²) in [6.07, 6.45) is -0.177. The van der Waals surface area contributed by atoms with Crippen molar-refractivity contribution in [1.29, 1.82) is 0 Å². The molecule has 0 aliphatic rings. The Morgan fingerprint density at radius 1 is 1.33 bits per heavy atom. The summed E-state index contributed by atoms with van der Waals surface area (Å²) < 4.78 is 11.0. The van der Waals surface area contributed by atoms with Gasteiger partial charge in [-0.3, -0.25) is 14.2 Å². The molecule has 0 rings (SSSR count). The van der Waals surface area contributed by atoms with Crippen molar-refractivity contribution in [3.05, 3.63) is 0 Å². The summed E-state index contributed by atoms with van der Waals surface area (Å²) in [6, 6.07) is 0. The highest BCUT2D eigenvalue weighted by Crippen LogP contribution is 2.55. The van der Waals surface area contributed by atoms with Crippen LogP contribution in [-0.4, -0.2) is 37.1 Å². The van der Waals surface area contributed by atoms with E-state index >= 15 is 0 Å². The molecule has 0 spiro atoms. The fourth-order valence-electron chi connectivity index (χ4n) is 1.29. The van der Waals surface area contributed by atoms with Gasteiger partial charge < -0.3 is 20.0 Å². The van der Waals surface area contributed by atoms with Crippen molar-refractivity contribution in [3.8, 4) is 0 Å². The van der Waals surface area contributed by atoms with E-state index < -0.39 is 30.6 Å². The molecule has 2 unspecified atom stereocenters. The third-order valence-electron chi connectivity index (χ3n) is 2.42. The standard InChI is InChI=1S/C7H13O7P/c1-3-4(5(8)9)7(2,6(10)11)15(12,13)14/h4H,3H2,1-2H3,(H,8,9)(H,10,11)(H2,12,13,14). The summed E-state index contributed by atoms with van der Waals surface area (Å²) >= 11 is 0. The lowest BCUT2D eigenvalue weighted by molar-refractivity contribution is -0.152. The first-order valence-electron chi connectivity index (χ1n) is 4.10. The summed E-state index contributed by atoms with van der Waals surface area (Å²) in [5, 5.41) is 14.9. The van der Waals surface area contributed by atoms with E-state index in [1.807, 2.05) is 0 Å². The molecule has 4 N–H and O–H groups in total. The van der Waals surface area contributed by atoms with Crippen LogP contribution in [0.15, 0.2) is 0 Å². The zero-order valence-electron chi connectivity index (χ0n) is 8.25. The van der Waals surface area contributed by atoms with Crippen molar-refractivity contribution >= 4 is 19.5 Å². The zero-order valence-corrected chi connectivity index (χ0v) is 9.14. The van der Waals surface area contributed by atoms with Crippen LogP contribution < -0.4 is 0 Å². The van der Waals surface area contributed by atoms with Crippen LogP contribution in [0.25, 0.3) is 0 Å². The average Bonchev–Trinajstić information content (AvgIpc) is 2.01. The van der Waals surface area contributed by atoms with Crippen LogP contribution in [0.1, 0.15) is 20.3 Å². The van der Waals surface area contributed by atoms with Crippen LogP contribution in [0.4, 0.5) is 0 Å². The molecule has 0 bridgehead atoms. The number of hydrogen-bond donors (Lipinski definition) is 4. The molecule has 0 heterocycles. The molecule has 0 amide bonds. The predicted molar refractivity (Wildman–Crippen MR) is 49.5 cm³/mol. The van der Waals surface area contributed by atoms with E-state index in [0.29, 0.717) is 0 Å². The molecule has 0 aromatic carbocycles. The van der Waals surface area contributed by atoms with E-state index in [1.165, 1.54) is 6.92 Å². The predicted octanol–water partition coefficient (Wildman–Crippen LogP) is 0.118. The van der Waals surface area contributed by atoms with E-state index in [1.54, 1.807) is 0 Å². The van der Waals surface area contributed by atoms with Crippen molar-refractivity contribution in [2.24, 2.45) is 5.92 Å². The molecule has 2 atom stereocenters. The van der Waals surface area contributed by atoms with Crippen LogP contribution >= 0.6 is 7.60 Å². The fourth-order valence-corrected chi connectivity index (χ4v) is 2.24. The second-order valence-corrected chi connectivity index (χ2v) is 5.31. The maximum atomic E-state index is 11.0. The molecule has 0 aliphatic carbocycles. The van der Waals surface area contributed by atoms with Crippen molar-refractivity contribution in [2.45, 2.75) is 25.4 Å². The largest absolute Gasteiger partial charge is 0.481 e. The van der Waals surface area contributed by atoms with Crippen LogP contribution in [0, 0.1) is 5.92 Å². The maximum absolute atomic E-state index is 11.0. The summed E-state index contributed by atoms with van der Waals surface area (Å²) in [6.45, 7) is 2.11. The minimum Gasteiger partial charge on any atom is -0.481 e. The van der Waals surface area contributed by atoms with E-state index in [4.69, 9.17) is 20.0 Å². The zero-order chi connectivity index (χ0) is 12.4. The van der Waals surface area contributed by atoms with E-state index in [9.17, 15) is 14.2 Å². The molecule has 8 heteroatoms. The van der Waals surface area contributed by atoms with Crippen molar-refractivity contribution in [2.75, 3.05) is 0 Å². The normalized spacial score (nSPS) is 17.9. The molecule has 0 fully saturated rings. The Hall–Kier alpha value is -0.910. The number of aliphatic carboxylic acids is 2. The lowest BCUT2D eigenvalue weighted by atomic mass is 9.91. The van der Waals surface area contributed by atoms with Crippen molar-refractivity contribution in [3.63, 3.8) is 0 Å². The van der Waals surface area contributed by atoms with E-state index in [2.05, 4.69) is 0 Å². The lowest BCUT2D eigenvalue weighted by Crippen LogP contribution is -2.46. The number of carboxylic acids is 2. The average molecular weight is 240 g/mol. The summed E-state index contributed by atoms with van der Waals surface area (Å²) in [4.78, 5) is 39.4. The highest BCUT2D eigenvalue weighted by molar-refractivity contribution is 7.54. The van der Waals surface area contributed by atoms with Gasteiger partial charge in [0.25, 0.3) is 0 Å². The van der Waals surface area contributed by atoms with Crippen LogP contribution in [0.5, 0.6) is 0 Å². The van der Waals surface area contributed by atoms with Gasteiger partial charge in [-0.15, -0.1) is 0 Å². The first kappa shape index (κ1) is 14.1. The SMILES string of the molecule is CCC(C(=O)O)C(C)(C(=O)O)P(=O)(O)O. The molecule has 15 heavy (non-hydrogen) atoms. The number of rotatable bonds is 5. The van der Waals surface area contributed by atoms with Crippen LogP contribution in [0.2, 0.25) is 0 Å². The second kappa shape index (κ2) is 4.30. The molecule has 0 saturated heterocycles. The molecule has 0 aliphatic heterocycles. The van der Waals surface area contributed by atoms with Crippen LogP contribution in [-0.2, 0) is 14.2 Å². The number of hydrogen-bond acceptors (Lipinski definition) is 3. The topological polar surface area (TPSA) is 132 Å². The van der Waals surface area contributed by atoms with Gasteiger partial charge >= 0.3 is 19.5 Å².